The number of likely N-dealkylation sites (tertiary alicyclic amines) is 6. The number of methoxy groups -OCH3 is 1. The van der Waals surface area contributed by atoms with Gasteiger partial charge in [-0.15, -0.1) is 39.5 Å². The van der Waals surface area contributed by atoms with Crippen LogP contribution in [-0.4, -0.2) is 171 Å². The summed E-state index contributed by atoms with van der Waals surface area (Å²) >= 11 is 0. The van der Waals surface area contributed by atoms with Crippen LogP contribution in [0.5, 0.6) is 0 Å². The highest BCUT2D eigenvalue weighted by Gasteiger charge is 2.44. The number of ether oxygens (including phenoxy) is 1. The number of esters is 1. The van der Waals surface area contributed by atoms with E-state index in [9.17, 15) is 33.6 Å². The second-order valence-electron chi connectivity index (χ2n) is 39.6. The van der Waals surface area contributed by atoms with Crippen LogP contribution in [0.4, 0.5) is 0 Å². The molecule has 0 radical (unpaired) electrons. The molecule has 16 nitrogen and oxygen atoms in total. The lowest BCUT2D eigenvalue weighted by molar-refractivity contribution is -0.141. The van der Waals surface area contributed by atoms with Gasteiger partial charge in [-0.25, -0.2) is 0 Å². The normalized spacial score (nSPS) is 21.7. The van der Waals surface area contributed by atoms with Crippen LogP contribution in [0, 0.1) is 43.8 Å². The van der Waals surface area contributed by atoms with Gasteiger partial charge in [-0.2, -0.15) is 5.26 Å². The molecule has 706 valence electrons. The van der Waals surface area contributed by atoms with E-state index in [1.807, 2.05) is 248 Å². The molecule has 0 saturated carbocycles. The van der Waals surface area contributed by atoms with Crippen molar-refractivity contribution in [2.75, 3.05) is 92.3 Å². The number of piperidine rings is 6. The number of benzene rings is 7. The summed E-state index contributed by atoms with van der Waals surface area (Å²) in [5, 5.41) is 9.10. The number of allylic oxidation sites excluding steroid dienone is 6. The maximum absolute atomic E-state index is 12.9. The number of hydrogen-bond acceptors (Lipinski definition) is 10. The van der Waals surface area contributed by atoms with E-state index in [-0.39, 0.29) is 78.9 Å². The van der Waals surface area contributed by atoms with E-state index in [4.69, 9.17) is 14.4 Å². The third kappa shape index (κ3) is 32.1. The lowest BCUT2D eigenvalue weighted by Crippen LogP contribution is -2.47. The van der Waals surface area contributed by atoms with Gasteiger partial charge in [0.2, 0.25) is 0 Å². The quantitative estimate of drug-likeness (QED) is 0.0239. The first kappa shape index (κ1) is 106. The fourth-order valence-electron chi connectivity index (χ4n) is 20.0. The van der Waals surface area contributed by atoms with Crippen LogP contribution < -0.4 is 0 Å². The average Bonchev–Trinajstić information content (AvgIpc) is 0.794. The standard InChI is InChI=1S/C23H37NO2Si.C22H25NO.C19H25NO3.C18H22N2O.C17H23NO.C16H21NO/c1-7-14-23(16-18-26-27(5,6)22(2,3)4)15-11-17-24(19-23)21(25)20-12-9-8-10-13-20;1-2-14-22(17-19-10-5-3-6-11-19)15-9-16-23(18-22)21(24)20-12-7-4-8-13-20;1-3-11-19(13-10-17(21)23-2)12-7-14-20(15-19)18(22)16-8-5-4-6-9-16;1-2-10-18(11-6-13-19)12-7-14-20(15-18)17(21)16-8-4-3-5-9-16;1-3-11-17(4-2)12-8-13-18(14-17)16(19)15-9-6-5-7-10-15;1-3-10-16(2)11-7-12-17(13-16)15(18)14-8-5-4-6-9-14/h7-10,12-13H,1,11,14-19H2,2-6H3;2-8,10-13H,1,9,14-18H2;3-6,8-9H,1,7,10-15H2,2H3;2-5,8-9H,1,6-7,10-12,14-15H2;3,5-7,9-10H,1,4,8,11-14H2,2H3;3-6,8-9H,1,7,10-13H2,2H3/t23-;22-;19-;18-;17-;16-/m111011/s1. The Kier molecular flexibility index (Phi) is 42.7. The number of nitriles is 1. The third-order valence-corrected chi connectivity index (χ3v) is 32.9. The molecule has 6 aliphatic heterocycles. The van der Waals surface area contributed by atoms with Gasteiger partial charge in [0.1, 0.15) is 0 Å². The van der Waals surface area contributed by atoms with Gasteiger partial charge in [-0.05, 0) is 277 Å². The molecule has 6 aliphatic rings. The van der Waals surface area contributed by atoms with Crippen molar-refractivity contribution in [3.8, 4) is 6.07 Å². The van der Waals surface area contributed by atoms with Crippen molar-refractivity contribution < 1.29 is 42.7 Å². The predicted molar refractivity (Wildman–Crippen MR) is 543 cm³/mol. The van der Waals surface area contributed by atoms with Crippen molar-refractivity contribution in [1.82, 2.24) is 29.4 Å². The Balaban J connectivity index is 0.000000196. The van der Waals surface area contributed by atoms with Gasteiger partial charge in [-0.3, -0.25) is 33.6 Å². The predicted octanol–water partition coefficient (Wildman–Crippen LogP) is 25.3. The molecule has 0 bridgehead atoms. The van der Waals surface area contributed by atoms with Gasteiger partial charge in [-0.1, -0.05) is 211 Å². The fourth-order valence-corrected chi connectivity index (χ4v) is 21.0. The maximum atomic E-state index is 12.9. The molecule has 6 fully saturated rings. The van der Waals surface area contributed by atoms with Gasteiger partial charge in [0.15, 0.2) is 8.32 Å². The van der Waals surface area contributed by atoms with E-state index in [1.165, 1.54) is 25.5 Å². The van der Waals surface area contributed by atoms with Crippen LogP contribution in [-0.2, 0) is 20.4 Å². The second-order valence-corrected chi connectivity index (χ2v) is 44.4. The van der Waals surface area contributed by atoms with Gasteiger partial charge >= 0.3 is 5.97 Å². The van der Waals surface area contributed by atoms with Crippen LogP contribution in [0.2, 0.25) is 18.1 Å². The average molecular weight is 1810 g/mol. The van der Waals surface area contributed by atoms with E-state index >= 15 is 0 Å². The lowest BCUT2D eigenvalue weighted by Gasteiger charge is -2.44. The highest BCUT2D eigenvalue weighted by atomic mass is 28.4. The smallest absolute Gasteiger partial charge is 0.305 e. The van der Waals surface area contributed by atoms with Crippen LogP contribution in [0.1, 0.15) is 256 Å². The van der Waals surface area contributed by atoms with Crippen molar-refractivity contribution in [2.24, 2.45) is 32.5 Å². The Labute approximate surface area is 793 Å². The van der Waals surface area contributed by atoms with Crippen molar-refractivity contribution in [3.05, 3.63) is 327 Å². The Morgan fingerprint density at radius 2 is 0.644 bits per heavy atom. The van der Waals surface area contributed by atoms with E-state index in [0.29, 0.717) is 19.4 Å². The summed E-state index contributed by atoms with van der Waals surface area (Å²) in [5.41, 5.74) is 6.55. The van der Waals surface area contributed by atoms with Crippen molar-refractivity contribution >= 4 is 49.7 Å². The summed E-state index contributed by atoms with van der Waals surface area (Å²) < 4.78 is 11.2. The van der Waals surface area contributed by atoms with Crippen molar-refractivity contribution in [3.63, 3.8) is 0 Å². The molecule has 0 spiro atoms. The zero-order chi connectivity index (χ0) is 95.5. The number of hydrogen-bond donors (Lipinski definition) is 0. The Bertz CT molecular complexity index is 4830. The van der Waals surface area contributed by atoms with E-state index in [2.05, 4.69) is 124 Å². The van der Waals surface area contributed by atoms with E-state index in [1.54, 1.807) is 0 Å². The molecular formula is C115H153N7O9Si. The summed E-state index contributed by atoms with van der Waals surface area (Å²) in [6.45, 7) is 49.8. The number of rotatable bonds is 30. The Morgan fingerprint density at radius 3 is 0.955 bits per heavy atom. The Hall–Kier alpha value is -11.1. The van der Waals surface area contributed by atoms with E-state index < -0.39 is 8.32 Å². The van der Waals surface area contributed by atoms with Crippen LogP contribution in [0.3, 0.4) is 0 Å². The van der Waals surface area contributed by atoms with Gasteiger partial charge < -0.3 is 38.6 Å². The molecule has 6 heterocycles. The minimum absolute atomic E-state index is 0.0279. The maximum Gasteiger partial charge on any atom is 0.305 e. The number of nitrogens with zero attached hydrogens (tertiary/aromatic N) is 7. The van der Waals surface area contributed by atoms with Crippen LogP contribution >= 0.6 is 0 Å². The number of carbonyl (C=O) groups excluding carboxylic acids is 7. The minimum Gasteiger partial charge on any atom is -0.469 e. The summed E-state index contributed by atoms with van der Waals surface area (Å²) in [4.78, 5) is 99.4. The summed E-state index contributed by atoms with van der Waals surface area (Å²) in [6, 6.07) is 70.0. The zero-order valence-electron chi connectivity index (χ0n) is 81.1. The highest BCUT2D eigenvalue weighted by molar-refractivity contribution is 6.74. The topological polar surface area (TPSA) is 181 Å². The van der Waals surface area contributed by atoms with Crippen LogP contribution in [0.25, 0.3) is 0 Å². The molecule has 6 amide bonds. The molecule has 0 aliphatic carbocycles. The summed E-state index contributed by atoms with van der Waals surface area (Å²) in [6.07, 6.45) is 35.9. The van der Waals surface area contributed by atoms with E-state index in [0.717, 1.165) is 247 Å². The molecule has 7 aromatic rings. The molecule has 132 heavy (non-hydrogen) atoms. The van der Waals surface area contributed by atoms with Gasteiger partial charge in [0.25, 0.3) is 35.4 Å². The number of amides is 6. The number of carbonyl (C=O) groups is 7. The van der Waals surface area contributed by atoms with Gasteiger partial charge in [0.05, 0.1) is 13.2 Å². The highest BCUT2D eigenvalue weighted by Crippen LogP contribution is 2.45. The molecule has 0 aromatic heterocycles. The molecular weight excluding hydrogens is 1650 g/mol. The van der Waals surface area contributed by atoms with Crippen molar-refractivity contribution in [1.29, 1.82) is 5.26 Å². The molecule has 0 unspecified atom stereocenters. The Morgan fingerprint density at radius 1 is 0.379 bits per heavy atom. The first-order chi connectivity index (χ1) is 63.5. The minimum atomic E-state index is -1.74. The molecule has 6 atom stereocenters. The monoisotopic (exact) mass is 1800 g/mol. The SMILES string of the molecule is C=CC[C@]1(C)CCCN(C(=O)c2ccccc2)C1.C=CC[C@]1(CC)CCCN(C(=O)c2ccccc2)C1.C=CC[C@]1(CCC#N)CCCN(C(=O)c2ccccc2)C1.C=CC[C@]1(CCC(=O)OC)CCCN(C(=O)c2ccccc2)C1.C=CC[C@]1(CCO[Si](C)(C)C(C)(C)C)CCCN(C(=O)c2ccccc2)C1.C=CC[C@]1(Cc2ccccc2)CCCN(C(=O)c2ccccc2)C1. The first-order valence-electron chi connectivity index (χ1n) is 48.3. The zero-order valence-corrected chi connectivity index (χ0v) is 82.1. The third-order valence-electron chi connectivity index (χ3n) is 28.4. The second kappa shape index (κ2) is 53.0. The summed E-state index contributed by atoms with van der Waals surface area (Å²) in [5.74, 6) is 0.594. The largest absolute Gasteiger partial charge is 0.469 e. The molecule has 17 heteroatoms. The molecule has 0 N–H and O–H groups in total. The molecule has 13 rings (SSSR count). The van der Waals surface area contributed by atoms with Gasteiger partial charge in [0, 0.05) is 131 Å². The lowest BCUT2D eigenvalue weighted by atomic mass is 9.72. The molecule has 6 saturated heterocycles. The van der Waals surface area contributed by atoms with Crippen LogP contribution in [0.15, 0.2) is 288 Å². The first-order valence-corrected chi connectivity index (χ1v) is 51.2. The fraction of sp³-hybridized carbons (Fsp3) is 0.461. The molecule has 7 aromatic carbocycles. The summed E-state index contributed by atoms with van der Waals surface area (Å²) in [7, 11) is -0.332. The van der Waals surface area contributed by atoms with Crippen molar-refractivity contribution in [2.45, 2.75) is 213 Å².